The summed E-state index contributed by atoms with van der Waals surface area (Å²) < 4.78 is 26.6. The lowest BCUT2D eigenvalue weighted by molar-refractivity contribution is 0.592. The van der Waals surface area contributed by atoms with Gasteiger partial charge in [0.2, 0.25) is 0 Å². The minimum Gasteiger partial charge on any atom is -0.326 e. The molecule has 0 unspecified atom stereocenters. The van der Waals surface area contributed by atoms with Crippen LogP contribution in [-0.4, -0.2) is 15.0 Å². The second-order valence-electron chi connectivity index (χ2n) is 4.35. The van der Waals surface area contributed by atoms with E-state index in [1.54, 1.807) is 42.5 Å². The average Bonchev–Trinajstić information content (AvgIpc) is 2.49. The number of rotatable bonds is 5. The Morgan fingerprint density at radius 3 is 2.10 bits per heavy atom. The van der Waals surface area contributed by atoms with E-state index in [4.69, 9.17) is 5.73 Å². The molecule has 2 aromatic carbocycles. The summed E-state index contributed by atoms with van der Waals surface area (Å²) in [6.45, 7) is 2.63. The number of anilines is 1. The lowest BCUT2D eigenvalue weighted by Crippen LogP contribution is -2.30. The summed E-state index contributed by atoms with van der Waals surface area (Å²) in [7, 11) is -3.52. The molecule has 2 aromatic rings. The first-order valence-corrected chi connectivity index (χ1v) is 7.90. The van der Waals surface area contributed by atoms with Crippen LogP contribution in [0.2, 0.25) is 0 Å². The number of sulfonamides is 1. The van der Waals surface area contributed by atoms with Crippen LogP contribution in [0.1, 0.15) is 12.5 Å². The summed E-state index contributed by atoms with van der Waals surface area (Å²) in [6.07, 6.45) is 0. The Balaban J connectivity index is 2.41. The SMILES string of the molecule is CCN(c1ccc(CN)cc1)S(=O)(=O)c1ccccc1. The van der Waals surface area contributed by atoms with Gasteiger partial charge in [-0.25, -0.2) is 8.42 Å². The fourth-order valence-corrected chi connectivity index (χ4v) is 3.50. The van der Waals surface area contributed by atoms with Crippen LogP contribution in [0.5, 0.6) is 0 Å². The Hall–Kier alpha value is -1.85. The maximum Gasteiger partial charge on any atom is 0.264 e. The number of benzene rings is 2. The van der Waals surface area contributed by atoms with Gasteiger partial charge in [-0.3, -0.25) is 4.31 Å². The van der Waals surface area contributed by atoms with Crippen molar-refractivity contribution >= 4 is 15.7 Å². The van der Waals surface area contributed by atoms with Gasteiger partial charge in [-0.05, 0) is 36.8 Å². The predicted octanol–water partition coefficient (Wildman–Crippen LogP) is 2.36. The van der Waals surface area contributed by atoms with E-state index in [2.05, 4.69) is 0 Å². The molecule has 2 N–H and O–H groups in total. The van der Waals surface area contributed by atoms with Crippen molar-refractivity contribution in [2.45, 2.75) is 18.4 Å². The average molecular weight is 290 g/mol. The number of hydrogen-bond acceptors (Lipinski definition) is 3. The summed E-state index contributed by atoms with van der Waals surface area (Å²) in [6, 6.07) is 15.7. The minimum absolute atomic E-state index is 0.296. The quantitative estimate of drug-likeness (QED) is 0.919. The second kappa shape index (κ2) is 6.07. The van der Waals surface area contributed by atoms with E-state index in [-0.39, 0.29) is 0 Å². The molecule has 0 aromatic heterocycles. The van der Waals surface area contributed by atoms with Crippen LogP contribution in [-0.2, 0) is 16.6 Å². The summed E-state index contributed by atoms with van der Waals surface area (Å²) in [5, 5.41) is 0. The molecule has 0 radical (unpaired) electrons. The molecule has 5 heteroatoms. The van der Waals surface area contributed by atoms with Gasteiger partial charge in [0.05, 0.1) is 10.6 Å². The molecule has 0 aliphatic rings. The lowest BCUT2D eigenvalue weighted by Gasteiger charge is -2.23. The van der Waals surface area contributed by atoms with Gasteiger partial charge in [-0.15, -0.1) is 0 Å². The standard InChI is InChI=1S/C15H18N2O2S/c1-2-17(14-10-8-13(12-16)9-11-14)20(18,19)15-6-4-3-5-7-15/h3-11H,2,12,16H2,1H3. The molecule has 0 atom stereocenters. The van der Waals surface area contributed by atoms with Gasteiger partial charge in [0.1, 0.15) is 0 Å². The van der Waals surface area contributed by atoms with Crippen LogP contribution in [0.15, 0.2) is 59.5 Å². The van der Waals surface area contributed by atoms with E-state index in [9.17, 15) is 8.42 Å². The van der Waals surface area contributed by atoms with E-state index in [1.165, 1.54) is 4.31 Å². The highest BCUT2D eigenvalue weighted by molar-refractivity contribution is 7.92. The van der Waals surface area contributed by atoms with Crippen molar-refractivity contribution < 1.29 is 8.42 Å². The zero-order valence-electron chi connectivity index (χ0n) is 11.4. The third kappa shape index (κ3) is 2.84. The van der Waals surface area contributed by atoms with E-state index in [0.717, 1.165) is 5.56 Å². The van der Waals surface area contributed by atoms with Crippen molar-refractivity contribution in [2.75, 3.05) is 10.8 Å². The summed E-state index contributed by atoms with van der Waals surface area (Å²) in [5.74, 6) is 0. The third-order valence-electron chi connectivity index (χ3n) is 3.08. The van der Waals surface area contributed by atoms with E-state index in [1.807, 2.05) is 19.1 Å². The van der Waals surface area contributed by atoms with Gasteiger partial charge < -0.3 is 5.73 Å². The highest BCUT2D eigenvalue weighted by Gasteiger charge is 2.22. The minimum atomic E-state index is -3.52. The Bertz CT molecular complexity index is 652. The zero-order valence-corrected chi connectivity index (χ0v) is 12.2. The van der Waals surface area contributed by atoms with Crippen molar-refractivity contribution in [3.8, 4) is 0 Å². The molecule has 2 rings (SSSR count). The van der Waals surface area contributed by atoms with Crippen molar-refractivity contribution in [1.82, 2.24) is 0 Å². The largest absolute Gasteiger partial charge is 0.326 e. The molecule has 0 aliphatic carbocycles. The number of hydrogen-bond donors (Lipinski definition) is 1. The van der Waals surface area contributed by atoms with E-state index in [0.29, 0.717) is 23.7 Å². The van der Waals surface area contributed by atoms with Crippen LogP contribution in [0.4, 0.5) is 5.69 Å². The molecule has 4 nitrogen and oxygen atoms in total. The van der Waals surface area contributed by atoms with Crippen LogP contribution in [0.3, 0.4) is 0 Å². The molecular formula is C15H18N2O2S. The molecule has 0 saturated carbocycles. The molecular weight excluding hydrogens is 272 g/mol. The number of nitrogens with zero attached hydrogens (tertiary/aromatic N) is 1. The highest BCUT2D eigenvalue weighted by Crippen LogP contribution is 2.23. The fourth-order valence-electron chi connectivity index (χ4n) is 2.01. The Kier molecular flexibility index (Phi) is 4.42. The normalized spacial score (nSPS) is 11.3. The monoisotopic (exact) mass is 290 g/mol. The molecule has 106 valence electrons. The van der Waals surface area contributed by atoms with Gasteiger partial charge >= 0.3 is 0 Å². The molecule has 0 saturated heterocycles. The molecule has 0 aliphatic heterocycles. The summed E-state index contributed by atoms with van der Waals surface area (Å²) in [5.41, 5.74) is 7.17. The maximum absolute atomic E-state index is 12.6. The van der Waals surface area contributed by atoms with Crippen molar-refractivity contribution in [2.24, 2.45) is 5.73 Å². The topological polar surface area (TPSA) is 63.4 Å². The first kappa shape index (κ1) is 14.6. The smallest absolute Gasteiger partial charge is 0.264 e. The molecule has 20 heavy (non-hydrogen) atoms. The summed E-state index contributed by atoms with van der Waals surface area (Å²) >= 11 is 0. The highest BCUT2D eigenvalue weighted by atomic mass is 32.2. The van der Waals surface area contributed by atoms with Gasteiger partial charge in [-0.2, -0.15) is 0 Å². The van der Waals surface area contributed by atoms with Crippen LogP contribution in [0, 0.1) is 0 Å². The van der Waals surface area contributed by atoms with Crippen LogP contribution < -0.4 is 10.0 Å². The second-order valence-corrected chi connectivity index (χ2v) is 6.22. The van der Waals surface area contributed by atoms with Gasteiger partial charge in [0, 0.05) is 13.1 Å². The fraction of sp³-hybridized carbons (Fsp3) is 0.200. The van der Waals surface area contributed by atoms with E-state index < -0.39 is 10.0 Å². The molecule has 0 spiro atoms. The Labute approximate surface area is 119 Å². The Morgan fingerprint density at radius 2 is 1.60 bits per heavy atom. The first-order chi connectivity index (χ1) is 9.59. The zero-order chi connectivity index (χ0) is 14.6. The first-order valence-electron chi connectivity index (χ1n) is 6.46. The van der Waals surface area contributed by atoms with Crippen molar-refractivity contribution in [1.29, 1.82) is 0 Å². The van der Waals surface area contributed by atoms with Gasteiger partial charge in [0.15, 0.2) is 0 Å². The van der Waals surface area contributed by atoms with Gasteiger partial charge in [-0.1, -0.05) is 30.3 Å². The molecule has 0 amide bonds. The number of nitrogens with two attached hydrogens (primary N) is 1. The lowest BCUT2D eigenvalue weighted by atomic mass is 10.2. The Morgan fingerprint density at radius 1 is 1.00 bits per heavy atom. The predicted molar refractivity (Wildman–Crippen MR) is 81.0 cm³/mol. The molecule has 0 heterocycles. The van der Waals surface area contributed by atoms with Gasteiger partial charge in [0.25, 0.3) is 10.0 Å². The molecule has 0 fully saturated rings. The van der Waals surface area contributed by atoms with Crippen molar-refractivity contribution in [3.63, 3.8) is 0 Å². The van der Waals surface area contributed by atoms with Crippen LogP contribution >= 0.6 is 0 Å². The summed E-state index contributed by atoms with van der Waals surface area (Å²) in [4.78, 5) is 0.296. The van der Waals surface area contributed by atoms with Crippen molar-refractivity contribution in [3.05, 3.63) is 60.2 Å². The van der Waals surface area contributed by atoms with E-state index >= 15 is 0 Å². The molecule has 0 bridgehead atoms. The van der Waals surface area contributed by atoms with Crippen LogP contribution in [0.25, 0.3) is 0 Å². The third-order valence-corrected chi connectivity index (χ3v) is 5.00. The maximum atomic E-state index is 12.6.